The predicted octanol–water partition coefficient (Wildman–Crippen LogP) is 1.70. The number of ether oxygens (including phenoxy) is 1. The van der Waals surface area contributed by atoms with Crippen LogP contribution in [0.25, 0.3) is 0 Å². The zero-order valence-electron chi connectivity index (χ0n) is 12.3. The van der Waals surface area contributed by atoms with E-state index in [2.05, 4.69) is 6.92 Å². The van der Waals surface area contributed by atoms with Crippen molar-refractivity contribution in [2.24, 2.45) is 0 Å². The molecule has 1 saturated heterocycles. The first-order chi connectivity index (χ1) is 10.0. The van der Waals surface area contributed by atoms with Gasteiger partial charge in [0.25, 0.3) is 0 Å². The third-order valence-corrected chi connectivity index (χ3v) is 6.84. The van der Waals surface area contributed by atoms with Crippen molar-refractivity contribution >= 4 is 21.8 Å². The molecule has 0 saturated carbocycles. The molecule has 21 heavy (non-hydrogen) atoms. The van der Waals surface area contributed by atoms with Crippen molar-refractivity contribution in [1.82, 2.24) is 4.31 Å². The number of hydrogen-bond acceptors (Lipinski definition) is 5. The first-order valence-electron chi connectivity index (χ1n) is 6.92. The van der Waals surface area contributed by atoms with Crippen LogP contribution >= 0.6 is 11.8 Å². The average molecular weight is 331 g/mol. The number of methoxy groups -OCH3 is 1. The highest BCUT2D eigenvalue weighted by atomic mass is 32.2. The fourth-order valence-electron chi connectivity index (χ4n) is 2.32. The molecule has 0 radical (unpaired) electrons. The molecule has 1 aliphatic heterocycles. The van der Waals surface area contributed by atoms with Crippen LogP contribution in [-0.4, -0.2) is 49.0 Å². The Hall–Kier alpha value is -0.760. The minimum absolute atomic E-state index is 0.137. The Morgan fingerprint density at radius 1 is 1.48 bits per heavy atom. The van der Waals surface area contributed by atoms with Gasteiger partial charge in [-0.25, -0.2) is 8.42 Å². The molecule has 1 aromatic rings. The minimum Gasteiger partial charge on any atom is -0.495 e. The van der Waals surface area contributed by atoms with Crippen LogP contribution in [0.4, 0.5) is 0 Å². The Morgan fingerprint density at radius 2 is 2.24 bits per heavy atom. The molecule has 2 rings (SSSR count). The Balaban J connectivity index is 2.38. The van der Waals surface area contributed by atoms with Crippen molar-refractivity contribution in [3.05, 3.63) is 23.8 Å². The monoisotopic (exact) mass is 331 g/mol. The van der Waals surface area contributed by atoms with E-state index in [1.807, 2.05) is 11.8 Å². The molecule has 1 heterocycles. The SMILES string of the molecule is CCC1CN(S(=O)(=O)c2cc(CO)ccc2OC)CCS1. The van der Waals surface area contributed by atoms with Crippen LogP contribution < -0.4 is 4.74 Å². The van der Waals surface area contributed by atoms with E-state index in [0.29, 0.717) is 29.7 Å². The second-order valence-corrected chi connectivity index (χ2v) is 8.22. The van der Waals surface area contributed by atoms with E-state index in [1.54, 1.807) is 12.1 Å². The van der Waals surface area contributed by atoms with E-state index in [9.17, 15) is 13.5 Å². The van der Waals surface area contributed by atoms with Gasteiger partial charge in [0, 0.05) is 24.1 Å². The van der Waals surface area contributed by atoms with Gasteiger partial charge in [-0.15, -0.1) is 0 Å². The molecule has 1 unspecified atom stereocenters. The number of hydrogen-bond donors (Lipinski definition) is 1. The van der Waals surface area contributed by atoms with Crippen molar-refractivity contribution in [2.75, 3.05) is 26.0 Å². The van der Waals surface area contributed by atoms with Crippen molar-refractivity contribution in [3.8, 4) is 5.75 Å². The van der Waals surface area contributed by atoms with E-state index in [4.69, 9.17) is 4.74 Å². The van der Waals surface area contributed by atoms with Gasteiger partial charge in [-0.05, 0) is 24.1 Å². The molecule has 0 amide bonds. The summed E-state index contributed by atoms with van der Waals surface area (Å²) in [6.45, 7) is 2.91. The van der Waals surface area contributed by atoms with Crippen molar-refractivity contribution in [2.45, 2.75) is 30.1 Å². The molecule has 0 aliphatic carbocycles. The van der Waals surface area contributed by atoms with Gasteiger partial charge in [-0.2, -0.15) is 16.1 Å². The molecule has 0 spiro atoms. The van der Waals surface area contributed by atoms with Crippen LogP contribution in [-0.2, 0) is 16.6 Å². The molecule has 1 N–H and O–H groups in total. The van der Waals surface area contributed by atoms with Gasteiger partial charge in [0.1, 0.15) is 10.6 Å². The lowest BCUT2D eigenvalue weighted by Gasteiger charge is -2.31. The third-order valence-electron chi connectivity index (χ3n) is 3.59. The maximum absolute atomic E-state index is 12.9. The molecule has 1 atom stereocenters. The lowest BCUT2D eigenvalue weighted by atomic mass is 10.2. The number of rotatable bonds is 5. The van der Waals surface area contributed by atoms with E-state index in [-0.39, 0.29) is 11.5 Å². The highest BCUT2D eigenvalue weighted by Gasteiger charge is 2.32. The molecule has 1 aromatic carbocycles. The van der Waals surface area contributed by atoms with E-state index in [0.717, 1.165) is 12.2 Å². The Morgan fingerprint density at radius 3 is 2.86 bits per heavy atom. The molecule has 1 fully saturated rings. The van der Waals surface area contributed by atoms with E-state index < -0.39 is 10.0 Å². The van der Waals surface area contributed by atoms with Gasteiger partial charge in [0.15, 0.2) is 0 Å². The zero-order valence-corrected chi connectivity index (χ0v) is 13.9. The molecule has 118 valence electrons. The van der Waals surface area contributed by atoms with Crippen LogP contribution in [0.15, 0.2) is 23.1 Å². The van der Waals surface area contributed by atoms with Gasteiger partial charge in [-0.3, -0.25) is 0 Å². The number of nitrogens with zero attached hydrogens (tertiary/aromatic N) is 1. The van der Waals surface area contributed by atoms with Crippen LogP contribution in [0.5, 0.6) is 5.75 Å². The molecule has 0 aromatic heterocycles. The number of aliphatic hydroxyl groups is 1. The molecule has 1 aliphatic rings. The highest BCUT2D eigenvalue weighted by molar-refractivity contribution is 8.00. The highest BCUT2D eigenvalue weighted by Crippen LogP contribution is 2.31. The maximum Gasteiger partial charge on any atom is 0.246 e. The van der Waals surface area contributed by atoms with Gasteiger partial charge >= 0.3 is 0 Å². The summed E-state index contributed by atoms with van der Waals surface area (Å²) in [5.74, 6) is 1.12. The third kappa shape index (κ3) is 3.53. The summed E-state index contributed by atoms with van der Waals surface area (Å²) in [6.07, 6.45) is 0.949. The quantitative estimate of drug-likeness (QED) is 0.889. The molecule has 0 bridgehead atoms. The molecule has 7 heteroatoms. The fraction of sp³-hybridized carbons (Fsp3) is 0.571. The molecule has 5 nitrogen and oxygen atoms in total. The van der Waals surface area contributed by atoms with Crippen molar-refractivity contribution < 1.29 is 18.3 Å². The van der Waals surface area contributed by atoms with Gasteiger partial charge < -0.3 is 9.84 Å². The average Bonchev–Trinajstić information content (AvgIpc) is 2.54. The second-order valence-electron chi connectivity index (χ2n) is 4.91. The van der Waals surface area contributed by atoms with Gasteiger partial charge in [-0.1, -0.05) is 13.0 Å². The lowest BCUT2D eigenvalue weighted by Crippen LogP contribution is -2.41. The van der Waals surface area contributed by atoms with Gasteiger partial charge in [0.05, 0.1) is 13.7 Å². The van der Waals surface area contributed by atoms with Crippen molar-refractivity contribution in [1.29, 1.82) is 0 Å². The number of benzene rings is 1. The first kappa shape index (κ1) is 16.6. The minimum atomic E-state index is -3.60. The summed E-state index contributed by atoms with van der Waals surface area (Å²) < 4.78 is 32.4. The van der Waals surface area contributed by atoms with Crippen LogP contribution in [0.3, 0.4) is 0 Å². The Bertz CT molecular complexity index is 589. The van der Waals surface area contributed by atoms with Crippen LogP contribution in [0, 0.1) is 0 Å². The summed E-state index contributed by atoms with van der Waals surface area (Å²) in [7, 11) is -2.14. The van der Waals surface area contributed by atoms with E-state index >= 15 is 0 Å². The van der Waals surface area contributed by atoms with Crippen LogP contribution in [0.1, 0.15) is 18.9 Å². The first-order valence-corrected chi connectivity index (χ1v) is 9.41. The Kier molecular flexibility index (Phi) is 5.54. The zero-order chi connectivity index (χ0) is 15.5. The molecular weight excluding hydrogens is 310 g/mol. The van der Waals surface area contributed by atoms with E-state index in [1.165, 1.54) is 17.5 Å². The summed E-state index contributed by atoms with van der Waals surface area (Å²) >= 11 is 1.82. The number of aliphatic hydroxyl groups excluding tert-OH is 1. The fourth-order valence-corrected chi connectivity index (χ4v) is 5.40. The summed E-state index contributed by atoms with van der Waals surface area (Å²) in [4.78, 5) is 0.137. The predicted molar refractivity (Wildman–Crippen MR) is 84.2 cm³/mol. The summed E-state index contributed by atoms with van der Waals surface area (Å²) in [5, 5.41) is 9.56. The second kappa shape index (κ2) is 7.00. The molecular formula is C14H21NO4S2. The lowest BCUT2D eigenvalue weighted by molar-refractivity contribution is 0.281. The van der Waals surface area contributed by atoms with Gasteiger partial charge in [0.2, 0.25) is 10.0 Å². The van der Waals surface area contributed by atoms with Crippen molar-refractivity contribution in [3.63, 3.8) is 0 Å². The topological polar surface area (TPSA) is 66.8 Å². The maximum atomic E-state index is 12.9. The van der Waals surface area contributed by atoms with Crippen LogP contribution in [0.2, 0.25) is 0 Å². The normalized spacial score (nSPS) is 20.4. The number of sulfonamides is 1. The summed E-state index contributed by atoms with van der Waals surface area (Å²) in [6, 6.07) is 4.75. The Labute approximate surface area is 130 Å². The number of thioether (sulfide) groups is 1. The largest absolute Gasteiger partial charge is 0.495 e. The smallest absolute Gasteiger partial charge is 0.246 e. The standard InChI is InChI=1S/C14H21NO4S2/c1-3-12-9-15(6-7-20-12)21(17,18)14-8-11(10-16)4-5-13(14)19-2/h4-5,8,12,16H,3,6-7,9-10H2,1-2H3. The summed E-state index contributed by atoms with van der Waals surface area (Å²) in [5.41, 5.74) is 0.563.